The summed E-state index contributed by atoms with van der Waals surface area (Å²) in [4.78, 5) is 2.28. The van der Waals surface area contributed by atoms with Gasteiger partial charge in [0.15, 0.2) is 0 Å². The summed E-state index contributed by atoms with van der Waals surface area (Å²) in [5.74, 6) is 0. The normalized spacial score (nSPS) is 23.8. The van der Waals surface area contributed by atoms with Crippen molar-refractivity contribution in [1.29, 1.82) is 0 Å². The van der Waals surface area contributed by atoms with E-state index in [1.807, 2.05) is 0 Å². The summed E-state index contributed by atoms with van der Waals surface area (Å²) < 4.78 is 5.43. The zero-order valence-corrected chi connectivity index (χ0v) is 11.4. The third kappa shape index (κ3) is 3.31. The van der Waals surface area contributed by atoms with Gasteiger partial charge in [-0.3, -0.25) is 0 Å². The van der Waals surface area contributed by atoms with E-state index < -0.39 is 0 Å². The average molecular weight is 249 g/mol. The summed E-state index contributed by atoms with van der Waals surface area (Å²) in [7, 11) is 2.11. The van der Waals surface area contributed by atoms with Crippen molar-refractivity contribution in [2.45, 2.75) is 19.9 Å². The molecule has 3 heteroatoms. The Morgan fingerprint density at radius 2 is 2.28 bits per heavy atom. The molecule has 1 aliphatic rings. The lowest BCUT2D eigenvalue weighted by molar-refractivity contribution is 0.0625. The number of benzene rings is 1. The Morgan fingerprint density at radius 1 is 1.44 bits per heavy atom. The number of nitrogens with zero attached hydrogens (tertiary/aromatic N) is 1. The highest BCUT2D eigenvalue weighted by molar-refractivity contribution is 5.22. The topological polar surface area (TPSA) is 32.7 Å². The van der Waals surface area contributed by atoms with Gasteiger partial charge in [-0.15, -0.1) is 0 Å². The molecule has 0 bridgehead atoms. The van der Waals surface area contributed by atoms with Crippen molar-refractivity contribution in [3.63, 3.8) is 0 Å². The lowest BCUT2D eigenvalue weighted by atomic mass is 9.88. The van der Waals surface area contributed by atoms with Crippen LogP contribution >= 0.6 is 0 Å². The van der Waals surface area contributed by atoms with Gasteiger partial charge in [0.2, 0.25) is 0 Å². The molecule has 0 spiro atoms. The Hall–Kier alpha value is -0.900. The number of hydrogen-bond donors (Lipinski definition) is 1. The van der Waals surface area contributed by atoms with E-state index in [9.17, 15) is 5.11 Å². The minimum absolute atomic E-state index is 0.0570. The maximum atomic E-state index is 9.57. The Morgan fingerprint density at radius 3 is 2.89 bits per heavy atom. The van der Waals surface area contributed by atoms with Gasteiger partial charge in [-0.1, -0.05) is 29.8 Å². The van der Waals surface area contributed by atoms with Crippen LogP contribution in [0.4, 0.5) is 0 Å². The zero-order chi connectivity index (χ0) is 13.0. The smallest absolute Gasteiger partial charge is 0.0557 e. The van der Waals surface area contributed by atoms with E-state index in [2.05, 4.69) is 43.1 Å². The second kappa shape index (κ2) is 5.83. The first-order chi connectivity index (χ1) is 8.63. The predicted octanol–water partition coefficient (Wildman–Crippen LogP) is 1.83. The van der Waals surface area contributed by atoms with Gasteiger partial charge in [0, 0.05) is 25.1 Å². The quantitative estimate of drug-likeness (QED) is 0.864. The maximum Gasteiger partial charge on any atom is 0.0557 e. The second-order valence-corrected chi connectivity index (χ2v) is 5.62. The van der Waals surface area contributed by atoms with E-state index in [4.69, 9.17) is 4.74 Å². The van der Waals surface area contributed by atoms with Crippen LogP contribution in [-0.4, -0.2) is 43.4 Å². The fourth-order valence-corrected chi connectivity index (χ4v) is 2.70. The van der Waals surface area contributed by atoms with E-state index in [1.54, 1.807) is 0 Å². The summed E-state index contributed by atoms with van der Waals surface area (Å²) in [6.45, 7) is 5.59. The number of hydrogen-bond acceptors (Lipinski definition) is 3. The Labute approximate surface area is 109 Å². The van der Waals surface area contributed by atoms with Gasteiger partial charge in [-0.2, -0.15) is 0 Å². The third-order valence-electron chi connectivity index (χ3n) is 3.66. The van der Waals surface area contributed by atoms with Crippen molar-refractivity contribution in [3.05, 3.63) is 35.4 Å². The van der Waals surface area contributed by atoms with Crippen LogP contribution < -0.4 is 0 Å². The molecular formula is C15H23NO2. The van der Waals surface area contributed by atoms with Gasteiger partial charge in [-0.25, -0.2) is 0 Å². The lowest BCUT2D eigenvalue weighted by Gasteiger charge is -2.30. The van der Waals surface area contributed by atoms with E-state index in [0.717, 1.165) is 26.1 Å². The molecule has 1 fully saturated rings. The molecule has 1 aliphatic heterocycles. The molecule has 1 aromatic rings. The maximum absolute atomic E-state index is 9.57. The molecule has 0 amide bonds. The summed E-state index contributed by atoms with van der Waals surface area (Å²) in [5.41, 5.74) is 2.56. The lowest BCUT2D eigenvalue weighted by Crippen LogP contribution is -2.38. The van der Waals surface area contributed by atoms with Crippen LogP contribution in [0.25, 0.3) is 0 Å². The summed E-state index contributed by atoms with van der Waals surface area (Å²) in [6, 6.07) is 8.58. The Balaban J connectivity index is 1.93. The van der Waals surface area contributed by atoms with Crippen LogP contribution in [0.1, 0.15) is 17.5 Å². The third-order valence-corrected chi connectivity index (χ3v) is 3.66. The molecule has 0 aliphatic carbocycles. The second-order valence-electron chi connectivity index (χ2n) is 5.62. The van der Waals surface area contributed by atoms with Crippen LogP contribution in [0.3, 0.4) is 0 Å². The molecule has 100 valence electrons. The van der Waals surface area contributed by atoms with Crippen molar-refractivity contribution in [2.24, 2.45) is 5.41 Å². The molecule has 1 N–H and O–H groups in total. The van der Waals surface area contributed by atoms with Crippen molar-refractivity contribution in [3.8, 4) is 0 Å². The molecule has 0 saturated carbocycles. The van der Waals surface area contributed by atoms with Crippen molar-refractivity contribution in [2.75, 3.05) is 33.4 Å². The van der Waals surface area contributed by atoms with Crippen LogP contribution in [0.15, 0.2) is 24.3 Å². The van der Waals surface area contributed by atoms with Crippen molar-refractivity contribution >= 4 is 0 Å². The van der Waals surface area contributed by atoms with Crippen molar-refractivity contribution in [1.82, 2.24) is 4.90 Å². The van der Waals surface area contributed by atoms with Gasteiger partial charge in [0.1, 0.15) is 0 Å². The van der Waals surface area contributed by atoms with Crippen LogP contribution in [0, 0.1) is 12.3 Å². The molecule has 0 aromatic heterocycles. The average Bonchev–Trinajstić information content (AvgIpc) is 2.78. The minimum atomic E-state index is -0.0570. The van der Waals surface area contributed by atoms with Crippen LogP contribution in [-0.2, 0) is 11.3 Å². The molecule has 2 rings (SSSR count). The fourth-order valence-electron chi connectivity index (χ4n) is 2.70. The molecule has 3 nitrogen and oxygen atoms in total. The first kappa shape index (κ1) is 13.5. The number of rotatable bonds is 5. The van der Waals surface area contributed by atoms with Gasteiger partial charge in [0.05, 0.1) is 13.2 Å². The number of ether oxygens (including phenoxy) is 1. The molecule has 1 heterocycles. The highest BCUT2D eigenvalue weighted by Crippen LogP contribution is 2.29. The van der Waals surface area contributed by atoms with E-state index in [1.165, 1.54) is 11.1 Å². The Bertz CT molecular complexity index is 386. The highest BCUT2D eigenvalue weighted by Gasteiger charge is 2.35. The van der Waals surface area contributed by atoms with E-state index in [-0.39, 0.29) is 12.0 Å². The van der Waals surface area contributed by atoms with E-state index >= 15 is 0 Å². The van der Waals surface area contributed by atoms with Gasteiger partial charge < -0.3 is 14.7 Å². The standard InChI is InChI=1S/C15H23NO2/c1-13-4-3-5-14(8-13)9-16(2)10-15(11-17)6-7-18-12-15/h3-5,8,17H,6-7,9-12H2,1-2H3. The molecule has 1 atom stereocenters. The predicted molar refractivity (Wildman–Crippen MR) is 72.5 cm³/mol. The monoisotopic (exact) mass is 249 g/mol. The summed E-state index contributed by atoms with van der Waals surface area (Å²) in [5, 5.41) is 9.57. The zero-order valence-electron chi connectivity index (χ0n) is 11.4. The number of aliphatic hydroxyl groups excluding tert-OH is 1. The minimum Gasteiger partial charge on any atom is -0.396 e. The van der Waals surface area contributed by atoms with E-state index in [0.29, 0.717) is 6.61 Å². The number of aliphatic hydroxyl groups is 1. The molecule has 1 aromatic carbocycles. The number of aryl methyl sites for hydroxylation is 1. The molecule has 1 unspecified atom stereocenters. The molecule has 0 radical (unpaired) electrons. The first-order valence-electron chi connectivity index (χ1n) is 6.56. The molecule has 1 saturated heterocycles. The first-order valence-corrected chi connectivity index (χ1v) is 6.56. The summed E-state index contributed by atoms with van der Waals surface area (Å²) in [6.07, 6.45) is 0.960. The molecular weight excluding hydrogens is 226 g/mol. The van der Waals surface area contributed by atoms with Crippen LogP contribution in [0.5, 0.6) is 0 Å². The largest absolute Gasteiger partial charge is 0.396 e. The van der Waals surface area contributed by atoms with Crippen molar-refractivity contribution < 1.29 is 9.84 Å². The van der Waals surface area contributed by atoms with Gasteiger partial charge in [0.25, 0.3) is 0 Å². The van der Waals surface area contributed by atoms with Gasteiger partial charge in [-0.05, 0) is 26.0 Å². The highest BCUT2D eigenvalue weighted by atomic mass is 16.5. The summed E-state index contributed by atoms with van der Waals surface area (Å²) >= 11 is 0. The SMILES string of the molecule is Cc1cccc(CN(C)CC2(CO)CCOC2)c1. The Kier molecular flexibility index (Phi) is 4.38. The molecule has 18 heavy (non-hydrogen) atoms. The van der Waals surface area contributed by atoms with Gasteiger partial charge >= 0.3 is 0 Å². The fraction of sp³-hybridized carbons (Fsp3) is 0.600. The van der Waals surface area contributed by atoms with Crippen LogP contribution in [0.2, 0.25) is 0 Å².